The molecule has 2 aliphatic rings. The van der Waals surface area contributed by atoms with Gasteiger partial charge in [0.2, 0.25) is 5.91 Å². The van der Waals surface area contributed by atoms with Crippen molar-refractivity contribution in [3.05, 3.63) is 29.6 Å². The zero-order chi connectivity index (χ0) is 15.7. The standard InChI is InChI=1S/C17H20FN3O/c1-17(11-19,13-7-8-13)20-15(22)10-21-9-3-5-12-4-2-6-14(18)16(12)21/h2,4,6,13H,3,5,7-10H2,1H3,(H,20,22). The van der Waals surface area contributed by atoms with E-state index in [1.165, 1.54) is 6.07 Å². The quantitative estimate of drug-likeness (QED) is 0.929. The maximum Gasteiger partial charge on any atom is 0.240 e. The van der Waals surface area contributed by atoms with Crippen LogP contribution in [0.25, 0.3) is 0 Å². The Morgan fingerprint density at radius 3 is 3.00 bits per heavy atom. The van der Waals surface area contributed by atoms with E-state index in [4.69, 9.17) is 0 Å². The Bertz CT molecular complexity index is 635. The van der Waals surface area contributed by atoms with Crippen LogP contribution in [0, 0.1) is 23.1 Å². The third-order valence-corrected chi connectivity index (χ3v) is 4.62. The Labute approximate surface area is 129 Å². The van der Waals surface area contributed by atoms with Crippen molar-refractivity contribution in [1.82, 2.24) is 5.32 Å². The molecule has 5 heteroatoms. The molecule has 1 aliphatic heterocycles. The first-order chi connectivity index (χ1) is 10.5. The van der Waals surface area contributed by atoms with Gasteiger partial charge in [-0.2, -0.15) is 5.26 Å². The minimum atomic E-state index is -0.801. The van der Waals surface area contributed by atoms with E-state index in [0.717, 1.165) is 31.2 Å². The van der Waals surface area contributed by atoms with Crippen LogP contribution in [0.1, 0.15) is 31.7 Å². The van der Waals surface area contributed by atoms with Crippen molar-refractivity contribution in [2.24, 2.45) is 5.92 Å². The lowest BCUT2D eigenvalue weighted by atomic mass is 9.97. The summed E-state index contributed by atoms with van der Waals surface area (Å²) < 4.78 is 14.1. The van der Waals surface area contributed by atoms with E-state index in [-0.39, 0.29) is 24.2 Å². The first-order valence-electron chi connectivity index (χ1n) is 7.78. The molecule has 1 aliphatic carbocycles. The van der Waals surface area contributed by atoms with Crippen molar-refractivity contribution >= 4 is 11.6 Å². The van der Waals surface area contributed by atoms with Gasteiger partial charge in [0.1, 0.15) is 11.4 Å². The highest BCUT2D eigenvalue weighted by molar-refractivity contribution is 5.83. The number of nitrogens with one attached hydrogen (secondary N) is 1. The molecule has 0 radical (unpaired) electrons. The average molecular weight is 301 g/mol. The van der Waals surface area contributed by atoms with Crippen molar-refractivity contribution < 1.29 is 9.18 Å². The topological polar surface area (TPSA) is 56.1 Å². The molecule has 1 aromatic carbocycles. The van der Waals surface area contributed by atoms with Gasteiger partial charge in [-0.05, 0) is 50.2 Å². The molecule has 0 spiro atoms. The molecule has 0 bridgehead atoms. The molecule has 1 heterocycles. The number of amides is 1. The number of anilines is 1. The maximum atomic E-state index is 14.1. The summed E-state index contributed by atoms with van der Waals surface area (Å²) in [5.41, 5.74) is 0.684. The monoisotopic (exact) mass is 301 g/mol. The van der Waals surface area contributed by atoms with Gasteiger partial charge >= 0.3 is 0 Å². The zero-order valence-electron chi connectivity index (χ0n) is 12.7. The molecule has 1 saturated carbocycles. The molecule has 1 aromatic rings. The summed E-state index contributed by atoms with van der Waals surface area (Å²) in [4.78, 5) is 14.1. The lowest BCUT2D eigenvalue weighted by Crippen LogP contribution is -2.51. The van der Waals surface area contributed by atoms with Crippen molar-refractivity contribution in [3.63, 3.8) is 0 Å². The summed E-state index contributed by atoms with van der Waals surface area (Å²) in [5, 5.41) is 12.2. The lowest BCUT2D eigenvalue weighted by Gasteiger charge is -2.32. The van der Waals surface area contributed by atoms with Crippen molar-refractivity contribution in [3.8, 4) is 6.07 Å². The number of carbonyl (C=O) groups is 1. The van der Waals surface area contributed by atoms with Gasteiger partial charge in [-0.3, -0.25) is 4.79 Å². The van der Waals surface area contributed by atoms with E-state index in [1.807, 2.05) is 6.07 Å². The van der Waals surface area contributed by atoms with Crippen LogP contribution in [-0.2, 0) is 11.2 Å². The van der Waals surface area contributed by atoms with Crippen molar-refractivity contribution in [2.45, 2.75) is 38.1 Å². The Hall–Kier alpha value is -2.09. The first kappa shape index (κ1) is 14.8. The second kappa shape index (κ2) is 5.60. The molecule has 1 fully saturated rings. The van der Waals surface area contributed by atoms with Gasteiger partial charge in [0.05, 0.1) is 18.3 Å². The minimum absolute atomic E-state index is 0.0952. The van der Waals surface area contributed by atoms with Gasteiger partial charge in [-0.25, -0.2) is 4.39 Å². The fourth-order valence-electron chi connectivity index (χ4n) is 3.23. The van der Waals surface area contributed by atoms with Crippen LogP contribution in [-0.4, -0.2) is 24.5 Å². The Kier molecular flexibility index (Phi) is 3.78. The van der Waals surface area contributed by atoms with Gasteiger partial charge in [-0.1, -0.05) is 12.1 Å². The third-order valence-electron chi connectivity index (χ3n) is 4.62. The first-order valence-corrected chi connectivity index (χ1v) is 7.78. The molecule has 22 heavy (non-hydrogen) atoms. The molecule has 3 rings (SSSR count). The molecule has 116 valence electrons. The molecular weight excluding hydrogens is 281 g/mol. The summed E-state index contributed by atoms with van der Waals surface area (Å²) in [6, 6.07) is 7.26. The molecule has 1 amide bonds. The lowest BCUT2D eigenvalue weighted by molar-refractivity contribution is -0.121. The van der Waals surface area contributed by atoms with E-state index < -0.39 is 5.54 Å². The summed E-state index contributed by atoms with van der Waals surface area (Å²) >= 11 is 0. The van der Waals surface area contributed by atoms with Crippen LogP contribution in [0.2, 0.25) is 0 Å². The molecular formula is C17H20FN3O. The van der Waals surface area contributed by atoms with Crippen LogP contribution >= 0.6 is 0 Å². The average Bonchev–Trinajstić information content (AvgIpc) is 3.32. The van der Waals surface area contributed by atoms with Crippen molar-refractivity contribution in [2.75, 3.05) is 18.0 Å². The highest BCUT2D eigenvalue weighted by atomic mass is 19.1. The number of carbonyl (C=O) groups excluding carboxylic acids is 1. The molecule has 1 atom stereocenters. The zero-order valence-corrected chi connectivity index (χ0v) is 12.7. The second-order valence-electron chi connectivity index (χ2n) is 6.41. The van der Waals surface area contributed by atoms with Crippen LogP contribution in [0.4, 0.5) is 10.1 Å². The fourth-order valence-corrected chi connectivity index (χ4v) is 3.23. The van der Waals surface area contributed by atoms with E-state index in [2.05, 4.69) is 11.4 Å². The van der Waals surface area contributed by atoms with Gasteiger partial charge < -0.3 is 10.2 Å². The van der Waals surface area contributed by atoms with E-state index in [1.54, 1.807) is 17.9 Å². The van der Waals surface area contributed by atoms with E-state index in [9.17, 15) is 14.4 Å². The number of benzene rings is 1. The molecule has 1 N–H and O–H groups in total. The number of hydrogen-bond donors (Lipinski definition) is 1. The minimum Gasteiger partial charge on any atom is -0.360 e. The summed E-state index contributed by atoms with van der Waals surface area (Å²) in [6.45, 7) is 2.53. The Morgan fingerprint density at radius 1 is 1.55 bits per heavy atom. The summed E-state index contributed by atoms with van der Waals surface area (Å²) in [5.74, 6) is -0.255. The normalized spacial score (nSPS) is 19.8. The number of hydrogen-bond acceptors (Lipinski definition) is 3. The predicted molar refractivity (Wildman–Crippen MR) is 81.8 cm³/mol. The van der Waals surface area contributed by atoms with Crippen molar-refractivity contribution in [1.29, 1.82) is 5.26 Å². The van der Waals surface area contributed by atoms with E-state index in [0.29, 0.717) is 12.2 Å². The third kappa shape index (κ3) is 2.78. The summed E-state index contributed by atoms with van der Waals surface area (Å²) in [7, 11) is 0. The molecule has 4 nitrogen and oxygen atoms in total. The van der Waals surface area contributed by atoms with Gasteiger partial charge in [0.15, 0.2) is 0 Å². The Morgan fingerprint density at radius 2 is 2.32 bits per heavy atom. The SMILES string of the molecule is CC(C#N)(NC(=O)CN1CCCc2cccc(F)c21)C1CC1. The van der Waals surface area contributed by atoms with Crippen LogP contribution in [0.5, 0.6) is 0 Å². The number of aryl methyl sites for hydroxylation is 1. The Balaban J connectivity index is 1.72. The largest absolute Gasteiger partial charge is 0.360 e. The molecule has 0 aromatic heterocycles. The molecule has 0 saturated heterocycles. The van der Waals surface area contributed by atoms with Crippen LogP contribution < -0.4 is 10.2 Å². The number of nitriles is 1. The summed E-state index contributed by atoms with van der Waals surface area (Å²) in [6.07, 6.45) is 3.70. The number of rotatable bonds is 4. The predicted octanol–water partition coefficient (Wildman–Crippen LogP) is 2.39. The van der Waals surface area contributed by atoms with Gasteiger partial charge in [0.25, 0.3) is 0 Å². The van der Waals surface area contributed by atoms with Crippen LogP contribution in [0.3, 0.4) is 0 Å². The highest BCUT2D eigenvalue weighted by Crippen LogP contribution is 2.39. The second-order valence-corrected chi connectivity index (χ2v) is 6.41. The number of para-hydroxylation sites is 1. The van der Waals surface area contributed by atoms with Gasteiger partial charge in [-0.15, -0.1) is 0 Å². The number of fused-ring (bicyclic) bond motifs is 1. The highest BCUT2D eigenvalue weighted by Gasteiger charge is 2.43. The van der Waals surface area contributed by atoms with Crippen LogP contribution in [0.15, 0.2) is 18.2 Å². The maximum absolute atomic E-state index is 14.1. The number of halogens is 1. The fraction of sp³-hybridized carbons (Fsp3) is 0.529. The van der Waals surface area contributed by atoms with Gasteiger partial charge in [0, 0.05) is 6.54 Å². The number of nitrogens with zero attached hydrogens (tertiary/aromatic N) is 2. The smallest absolute Gasteiger partial charge is 0.240 e. The van der Waals surface area contributed by atoms with E-state index >= 15 is 0 Å². The molecule has 1 unspecified atom stereocenters.